The molecule has 0 heterocycles. The lowest BCUT2D eigenvalue weighted by Gasteiger charge is -2.09. The summed E-state index contributed by atoms with van der Waals surface area (Å²) < 4.78 is 10.1. The highest BCUT2D eigenvalue weighted by atomic mass is 16.5. The zero-order valence-corrected chi connectivity index (χ0v) is 11.8. The van der Waals surface area contributed by atoms with Crippen LogP contribution in [0, 0.1) is 0 Å². The smallest absolute Gasteiger partial charge is 0.338 e. The zero-order valence-electron chi connectivity index (χ0n) is 11.8. The summed E-state index contributed by atoms with van der Waals surface area (Å²) >= 11 is 0. The molecule has 1 aromatic rings. The number of carbonyl (C=O) groups is 2. The van der Waals surface area contributed by atoms with Crippen molar-refractivity contribution in [3.8, 4) is 0 Å². The number of hydrogen-bond acceptors (Lipinski definition) is 4. The van der Waals surface area contributed by atoms with Gasteiger partial charge in [0.25, 0.3) is 0 Å². The van der Waals surface area contributed by atoms with Crippen LogP contribution in [0.3, 0.4) is 0 Å². The summed E-state index contributed by atoms with van der Waals surface area (Å²) in [5, 5.41) is 5.16. The second kappa shape index (κ2) is 8.92. The Hall–Kier alpha value is -2.08. The van der Waals surface area contributed by atoms with E-state index in [0.717, 1.165) is 5.56 Å². The van der Waals surface area contributed by atoms with Crippen molar-refractivity contribution < 1.29 is 19.1 Å². The molecule has 0 fully saturated rings. The molecule has 0 radical (unpaired) electrons. The minimum Gasteiger partial charge on any atom is -0.460 e. The van der Waals surface area contributed by atoms with Gasteiger partial charge < -0.3 is 20.1 Å². The van der Waals surface area contributed by atoms with Crippen molar-refractivity contribution >= 4 is 12.0 Å². The highest BCUT2D eigenvalue weighted by molar-refractivity contribution is 5.91. The van der Waals surface area contributed by atoms with Crippen molar-refractivity contribution in [2.45, 2.75) is 13.5 Å². The molecule has 20 heavy (non-hydrogen) atoms. The van der Waals surface area contributed by atoms with Gasteiger partial charge in [0.1, 0.15) is 6.61 Å². The molecule has 6 nitrogen and oxygen atoms in total. The third-order valence-electron chi connectivity index (χ3n) is 2.50. The maximum Gasteiger partial charge on any atom is 0.338 e. The van der Waals surface area contributed by atoms with Crippen molar-refractivity contribution in [1.82, 2.24) is 10.6 Å². The molecule has 0 saturated heterocycles. The first kappa shape index (κ1) is 16.0. The number of benzene rings is 1. The van der Waals surface area contributed by atoms with Gasteiger partial charge in [0, 0.05) is 13.7 Å². The molecule has 0 aromatic heterocycles. The molecule has 0 spiro atoms. The van der Waals surface area contributed by atoms with E-state index >= 15 is 0 Å². The molecule has 0 saturated carbocycles. The van der Waals surface area contributed by atoms with Crippen LogP contribution >= 0.6 is 0 Å². The fraction of sp³-hybridized carbons (Fsp3) is 0.429. The van der Waals surface area contributed by atoms with Crippen molar-refractivity contribution in [3.63, 3.8) is 0 Å². The summed E-state index contributed by atoms with van der Waals surface area (Å²) in [6.07, 6.45) is 0. The van der Waals surface area contributed by atoms with Crippen molar-refractivity contribution in [2.75, 3.05) is 26.8 Å². The number of carbonyl (C=O) groups excluding carboxylic acids is 2. The molecule has 2 amide bonds. The van der Waals surface area contributed by atoms with Crippen molar-refractivity contribution in [2.24, 2.45) is 0 Å². The molecule has 0 atom stereocenters. The molecule has 0 unspecified atom stereocenters. The van der Waals surface area contributed by atoms with Gasteiger partial charge in [-0.25, -0.2) is 9.59 Å². The van der Waals surface area contributed by atoms with Gasteiger partial charge in [-0.1, -0.05) is 18.2 Å². The van der Waals surface area contributed by atoms with E-state index in [2.05, 4.69) is 10.6 Å². The second-order valence-electron chi connectivity index (χ2n) is 4.01. The Kier molecular flexibility index (Phi) is 7.13. The van der Waals surface area contributed by atoms with Crippen LogP contribution in [0.4, 0.5) is 4.79 Å². The maximum atomic E-state index is 11.9. The largest absolute Gasteiger partial charge is 0.460 e. The number of esters is 1. The Bertz CT molecular complexity index is 449. The summed E-state index contributed by atoms with van der Waals surface area (Å²) in [5.74, 6) is -0.421. The minimum atomic E-state index is -0.421. The molecule has 0 bridgehead atoms. The van der Waals surface area contributed by atoms with E-state index in [9.17, 15) is 9.59 Å². The Balaban J connectivity index is 2.41. The monoisotopic (exact) mass is 280 g/mol. The number of amides is 2. The van der Waals surface area contributed by atoms with Crippen LogP contribution in [0.25, 0.3) is 0 Å². The van der Waals surface area contributed by atoms with Gasteiger partial charge in [0.2, 0.25) is 0 Å². The van der Waals surface area contributed by atoms with E-state index < -0.39 is 5.97 Å². The van der Waals surface area contributed by atoms with Gasteiger partial charge in [-0.05, 0) is 18.6 Å². The van der Waals surface area contributed by atoms with Crippen LogP contribution in [0.5, 0.6) is 0 Å². The summed E-state index contributed by atoms with van der Waals surface area (Å²) in [7, 11) is 1.57. The highest BCUT2D eigenvalue weighted by Crippen LogP contribution is 2.11. The Labute approximate surface area is 118 Å². The van der Waals surface area contributed by atoms with E-state index in [0.29, 0.717) is 18.7 Å². The fourth-order valence-electron chi connectivity index (χ4n) is 1.61. The molecule has 2 N–H and O–H groups in total. The molecule has 110 valence electrons. The van der Waals surface area contributed by atoms with E-state index in [4.69, 9.17) is 9.47 Å². The number of ether oxygens (including phenoxy) is 2. The van der Waals surface area contributed by atoms with Gasteiger partial charge in [-0.2, -0.15) is 0 Å². The van der Waals surface area contributed by atoms with Crippen LogP contribution in [0.15, 0.2) is 24.3 Å². The van der Waals surface area contributed by atoms with Gasteiger partial charge in [-0.15, -0.1) is 0 Å². The summed E-state index contributed by atoms with van der Waals surface area (Å²) in [4.78, 5) is 23.0. The zero-order chi connectivity index (χ0) is 14.8. The fourth-order valence-corrected chi connectivity index (χ4v) is 1.61. The Morgan fingerprint density at radius 3 is 2.65 bits per heavy atom. The van der Waals surface area contributed by atoms with Crippen LogP contribution in [-0.2, 0) is 16.1 Å². The summed E-state index contributed by atoms with van der Waals surface area (Å²) in [6.45, 7) is 3.12. The number of urea groups is 1. The van der Waals surface area contributed by atoms with Gasteiger partial charge >= 0.3 is 12.0 Å². The molecule has 0 aliphatic carbocycles. The number of nitrogens with one attached hydrogen (secondary N) is 2. The molecule has 0 aliphatic heterocycles. The van der Waals surface area contributed by atoms with Gasteiger partial charge in [0.15, 0.2) is 0 Å². The average Bonchev–Trinajstić information content (AvgIpc) is 2.44. The lowest BCUT2D eigenvalue weighted by Crippen LogP contribution is -2.37. The summed E-state index contributed by atoms with van der Waals surface area (Å²) in [5.41, 5.74) is 1.25. The molecular weight excluding hydrogens is 260 g/mol. The Morgan fingerprint density at radius 1 is 1.20 bits per heavy atom. The molecule has 6 heteroatoms. The van der Waals surface area contributed by atoms with Crippen molar-refractivity contribution in [1.29, 1.82) is 0 Å². The quantitative estimate of drug-likeness (QED) is 0.583. The lowest BCUT2D eigenvalue weighted by molar-refractivity contribution is 0.0505. The highest BCUT2D eigenvalue weighted by Gasteiger charge is 2.11. The molecule has 1 aromatic carbocycles. The molecule has 1 rings (SSSR count). The van der Waals surface area contributed by atoms with E-state index in [1.165, 1.54) is 0 Å². The third-order valence-corrected chi connectivity index (χ3v) is 2.50. The first-order chi connectivity index (χ1) is 9.69. The normalized spacial score (nSPS) is 9.90. The van der Waals surface area contributed by atoms with Crippen molar-refractivity contribution in [3.05, 3.63) is 35.4 Å². The van der Waals surface area contributed by atoms with E-state index in [1.54, 1.807) is 19.2 Å². The van der Waals surface area contributed by atoms with E-state index in [1.807, 2.05) is 19.1 Å². The first-order valence-electron chi connectivity index (χ1n) is 6.44. The topological polar surface area (TPSA) is 76.7 Å². The minimum absolute atomic E-state index is 0.122. The first-order valence-corrected chi connectivity index (χ1v) is 6.44. The summed E-state index contributed by atoms with van der Waals surface area (Å²) in [6, 6.07) is 6.83. The second-order valence-corrected chi connectivity index (χ2v) is 4.01. The predicted octanol–water partition coefficient (Wildman–Crippen LogP) is 1.31. The van der Waals surface area contributed by atoms with Gasteiger partial charge in [-0.3, -0.25) is 0 Å². The maximum absolute atomic E-state index is 11.9. The van der Waals surface area contributed by atoms with Crippen LogP contribution in [0.1, 0.15) is 22.8 Å². The number of methoxy groups -OCH3 is 1. The molecule has 0 aliphatic rings. The predicted molar refractivity (Wildman–Crippen MR) is 74.5 cm³/mol. The average molecular weight is 280 g/mol. The van der Waals surface area contributed by atoms with Crippen LogP contribution < -0.4 is 10.6 Å². The number of rotatable bonds is 7. The lowest BCUT2D eigenvalue weighted by atomic mass is 10.1. The van der Waals surface area contributed by atoms with E-state index in [-0.39, 0.29) is 19.2 Å². The molecular formula is C14H20N2O4. The van der Waals surface area contributed by atoms with Gasteiger partial charge in [0.05, 0.1) is 18.7 Å². The van der Waals surface area contributed by atoms with Crippen LogP contribution in [0.2, 0.25) is 0 Å². The standard InChI is InChI=1S/C14H20N2O4/c1-3-15-14(18)16-8-9-20-13(17)12-7-5-4-6-11(12)10-19-2/h4-7H,3,8-10H2,1-2H3,(H2,15,16,18). The number of hydrogen-bond donors (Lipinski definition) is 2. The SMILES string of the molecule is CCNC(=O)NCCOC(=O)c1ccccc1COC. The Morgan fingerprint density at radius 2 is 1.95 bits per heavy atom. The van der Waals surface area contributed by atoms with Crippen LogP contribution in [-0.4, -0.2) is 38.8 Å². The third kappa shape index (κ3) is 5.27.